The molecule has 3 aromatic rings. The Balaban J connectivity index is 2.21. The van der Waals surface area contributed by atoms with Gasteiger partial charge in [-0.05, 0) is 43.5 Å². The topological polar surface area (TPSA) is 63.9 Å². The molecule has 7 heteroatoms. The van der Waals surface area contributed by atoms with Crippen molar-refractivity contribution in [1.29, 1.82) is 0 Å². The van der Waals surface area contributed by atoms with Crippen molar-refractivity contribution >= 4 is 10.9 Å². The maximum absolute atomic E-state index is 13.4. The van der Waals surface area contributed by atoms with Crippen molar-refractivity contribution in [3.63, 3.8) is 0 Å². The molecule has 0 fully saturated rings. The van der Waals surface area contributed by atoms with E-state index in [1.807, 2.05) is 0 Å². The Hall–Kier alpha value is -2.54. The monoisotopic (exact) mass is 363 g/mol. The third-order valence-corrected chi connectivity index (χ3v) is 4.32. The number of halogens is 3. The van der Waals surface area contributed by atoms with Crippen LogP contribution in [0, 0.1) is 0 Å². The van der Waals surface area contributed by atoms with Crippen LogP contribution in [0.15, 0.2) is 36.4 Å². The summed E-state index contributed by atoms with van der Waals surface area (Å²) in [6.45, 7) is 0.545. The number of ether oxygens (including phenoxy) is 1. The molecule has 0 bridgehead atoms. The molecule has 0 unspecified atom stereocenters. The number of alkyl halides is 3. The van der Waals surface area contributed by atoms with Crippen LogP contribution in [0.1, 0.15) is 24.0 Å². The summed E-state index contributed by atoms with van der Waals surface area (Å²) < 4.78 is 45.4. The number of aryl methyl sites for hydroxylation is 1. The van der Waals surface area contributed by atoms with E-state index >= 15 is 0 Å². The van der Waals surface area contributed by atoms with Crippen LogP contribution in [0.2, 0.25) is 0 Å². The van der Waals surface area contributed by atoms with E-state index in [1.54, 1.807) is 24.3 Å². The van der Waals surface area contributed by atoms with Crippen LogP contribution in [0.25, 0.3) is 22.3 Å². The average molecular weight is 363 g/mol. The van der Waals surface area contributed by atoms with E-state index in [0.717, 1.165) is 24.5 Å². The number of nitrogens with two attached hydrogens (primary N) is 1. The van der Waals surface area contributed by atoms with Gasteiger partial charge in [0.05, 0.1) is 29.6 Å². The van der Waals surface area contributed by atoms with Gasteiger partial charge in [0, 0.05) is 11.5 Å². The zero-order valence-corrected chi connectivity index (χ0v) is 14.4. The summed E-state index contributed by atoms with van der Waals surface area (Å²) in [7, 11) is 1.50. The van der Waals surface area contributed by atoms with Gasteiger partial charge in [0.15, 0.2) is 0 Å². The summed E-state index contributed by atoms with van der Waals surface area (Å²) >= 11 is 0. The number of unbranched alkanes of at least 4 members (excludes halogenated alkanes) is 1. The Morgan fingerprint density at radius 2 is 1.88 bits per heavy atom. The van der Waals surface area contributed by atoms with E-state index in [2.05, 4.69) is 9.97 Å². The van der Waals surface area contributed by atoms with Gasteiger partial charge in [-0.2, -0.15) is 13.2 Å². The SMILES string of the molecule is COc1cccc(-c2[nH]c3c(C(F)(F)F)cccc3c2CCCCN)n1. The van der Waals surface area contributed by atoms with Crippen molar-refractivity contribution in [3.8, 4) is 17.3 Å². The standard InChI is InChI=1S/C19H20F3N3O/c1-26-16-10-5-9-15(24-16)18-13(6-2-3-11-23)12-7-4-8-14(17(12)25-18)19(20,21)22/h4-5,7-10,25H,2-3,6,11,23H2,1H3. The lowest BCUT2D eigenvalue weighted by atomic mass is 10.0. The molecule has 4 nitrogen and oxygen atoms in total. The minimum Gasteiger partial charge on any atom is -0.481 e. The second-order valence-electron chi connectivity index (χ2n) is 6.02. The van der Waals surface area contributed by atoms with Crippen molar-refractivity contribution < 1.29 is 17.9 Å². The van der Waals surface area contributed by atoms with Gasteiger partial charge in [0.2, 0.25) is 5.88 Å². The molecule has 0 aliphatic heterocycles. The first-order chi connectivity index (χ1) is 12.5. The molecule has 26 heavy (non-hydrogen) atoms. The second-order valence-corrected chi connectivity index (χ2v) is 6.02. The van der Waals surface area contributed by atoms with Gasteiger partial charge in [-0.1, -0.05) is 18.2 Å². The lowest BCUT2D eigenvalue weighted by Crippen LogP contribution is -2.05. The number of para-hydroxylation sites is 1. The molecule has 0 radical (unpaired) electrons. The van der Waals surface area contributed by atoms with Gasteiger partial charge in [0.1, 0.15) is 0 Å². The summed E-state index contributed by atoms with van der Waals surface area (Å²) in [6.07, 6.45) is -2.22. The van der Waals surface area contributed by atoms with Crippen LogP contribution in [-0.2, 0) is 12.6 Å². The number of rotatable bonds is 6. The second kappa shape index (κ2) is 7.37. The van der Waals surface area contributed by atoms with E-state index < -0.39 is 11.7 Å². The number of nitrogens with zero attached hydrogens (tertiary/aromatic N) is 1. The summed E-state index contributed by atoms with van der Waals surface area (Å²) in [6, 6.07) is 9.46. The van der Waals surface area contributed by atoms with Crippen LogP contribution in [-0.4, -0.2) is 23.6 Å². The van der Waals surface area contributed by atoms with Gasteiger partial charge in [-0.3, -0.25) is 0 Å². The Morgan fingerprint density at radius 1 is 1.12 bits per heavy atom. The Bertz CT molecular complexity index is 903. The minimum absolute atomic E-state index is 0.0855. The van der Waals surface area contributed by atoms with Gasteiger partial charge in [0.25, 0.3) is 0 Å². The molecule has 0 amide bonds. The number of hydrogen-bond acceptors (Lipinski definition) is 3. The van der Waals surface area contributed by atoms with Crippen LogP contribution < -0.4 is 10.5 Å². The largest absolute Gasteiger partial charge is 0.481 e. The van der Waals surface area contributed by atoms with E-state index in [-0.39, 0.29) is 5.52 Å². The molecule has 3 N–H and O–H groups in total. The van der Waals surface area contributed by atoms with Gasteiger partial charge < -0.3 is 15.5 Å². The molecular weight excluding hydrogens is 343 g/mol. The summed E-state index contributed by atoms with van der Waals surface area (Å²) in [5, 5.41) is 0.566. The smallest absolute Gasteiger partial charge is 0.418 e. The number of nitrogens with one attached hydrogen (secondary N) is 1. The predicted octanol–water partition coefficient (Wildman–Crippen LogP) is 4.54. The Morgan fingerprint density at radius 3 is 2.58 bits per heavy atom. The maximum Gasteiger partial charge on any atom is 0.418 e. The fourth-order valence-electron chi connectivity index (χ4n) is 3.10. The number of H-pyrrole nitrogens is 1. The summed E-state index contributed by atoms with van der Waals surface area (Å²) in [5.74, 6) is 0.408. The molecule has 0 atom stereocenters. The Kier molecular flexibility index (Phi) is 5.18. The first-order valence-corrected chi connectivity index (χ1v) is 8.38. The summed E-state index contributed by atoms with van der Waals surface area (Å²) in [4.78, 5) is 7.34. The number of pyridine rings is 1. The molecule has 3 rings (SSSR count). The van der Waals surface area contributed by atoms with Crippen LogP contribution >= 0.6 is 0 Å². The fourth-order valence-corrected chi connectivity index (χ4v) is 3.10. The first-order valence-electron chi connectivity index (χ1n) is 8.38. The zero-order valence-electron chi connectivity index (χ0n) is 14.4. The van der Waals surface area contributed by atoms with Crippen LogP contribution in [0.4, 0.5) is 13.2 Å². The van der Waals surface area contributed by atoms with E-state index in [1.165, 1.54) is 13.2 Å². The average Bonchev–Trinajstić information content (AvgIpc) is 3.00. The number of benzene rings is 1. The van der Waals surface area contributed by atoms with Crippen LogP contribution in [0.3, 0.4) is 0 Å². The summed E-state index contributed by atoms with van der Waals surface area (Å²) in [5.41, 5.74) is 6.93. The first kappa shape index (κ1) is 18.3. The van der Waals surface area contributed by atoms with Gasteiger partial charge in [-0.25, -0.2) is 4.98 Å². The maximum atomic E-state index is 13.4. The van der Waals surface area contributed by atoms with E-state index in [4.69, 9.17) is 10.5 Å². The molecule has 2 aromatic heterocycles. The number of aromatic amines is 1. The van der Waals surface area contributed by atoms with E-state index in [0.29, 0.717) is 35.6 Å². The highest BCUT2D eigenvalue weighted by Crippen LogP contribution is 2.39. The molecule has 0 saturated carbocycles. The number of fused-ring (bicyclic) bond motifs is 1. The van der Waals surface area contributed by atoms with Gasteiger partial charge >= 0.3 is 6.18 Å². The van der Waals surface area contributed by atoms with E-state index in [9.17, 15) is 13.2 Å². The van der Waals surface area contributed by atoms with Gasteiger partial charge in [-0.15, -0.1) is 0 Å². The molecule has 138 valence electrons. The molecule has 1 aromatic carbocycles. The van der Waals surface area contributed by atoms with Crippen molar-refractivity contribution in [2.75, 3.05) is 13.7 Å². The minimum atomic E-state index is -4.43. The molecular formula is C19H20F3N3O. The lowest BCUT2D eigenvalue weighted by molar-refractivity contribution is -0.136. The normalized spacial score (nSPS) is 11.9. The number of aromatic nitrogens is 2. The molecule has 0 saturated heterocycles. The highest BCUT2D eigenvalue weighted by molar-refractivity contribution is 5.92. The fraction of sp³-hybridized carbons (Fsp3) is 0.316. The van der Waals surface area contributed by atoms with Crippen molar-refractivity contribution in [3.05, 3.63) is 47.5 Å². The van der Waals surface area contributed by atoms with Crippen molar-refractivity contribution in [2.24, 2.45) is 5.73 Å². The molecule has 0 spiro atoms. The zero-order chi connectivity index (χ0) is 18.7. The molecule has 2 heterocycles. The number of hydrogen-bond donors (Lipinski definition) is 2. The van der Waals surface area contributed by atoms with Crippen molar-refractivity contribution in [1.82, 2.24) is 9.97 Å². The quantitative estimate of drug-likeness (QED) is 0.632. The lowest BCUT2D eigenvalue weighted by Gasteiger charge is -2.07. The van der Waals surface area contributed by atoms with Crippen molar-refractivity contribution in [2.45, 2.75) is 25.4 Å². The third kappa shape index (κ3) is 3.53. The Labute approximate surface area is 149 Å². The van der Waals surface area contributed by atoms with Crippen LogP contribution in [0.5, 0.6) is 5.88 Å². The molecule has 0 aliphatic carbocycles. The highest BCUT2D eigenvalue weighted by Gasteiger charge is 2.34. The number of methoxy groups -OCH3 is 1. The molecule has 0 aliphatic rings. The highest BCUT2D eigenvalue weighted by atomic mass is 19.4. The predicted molar refractivity (Wildman–Crippen MR) is 95.1 cm³/mol. The third-order valence-electron chi connectivity index (χ3n) is 4.32.